The van der Waals surface area contributed by atoms with Crippen LogP contribution < -0.4 is 10.7 Å². The zero-order valence-corrected chi connectivity index (χ0v) is 22.4. The van der Waals surface area contributed by atoms with Gasteiger partial charge in [0.2, 0.25) is 10.0 Å². The third-order valence-corrected chi connectivity index (χ3v) is 7.76. The number of rotatable bonds is 6. The van der Waals surface area contributed by atoms with Crippen molar-refractivity contribution in [2.45, 2.75) is 26.1 Å². The summed E-state index contributed by atoms with van der Waals surface area (Å²) in [6.07, 6.45) is -1.20. The number of aromatic nitrogens is 4. The zero-order chi connectivity index (χ0) is 28.3. The van der Waals surface area contributed by atoms with Crippen molar-refractivity contribution < 1.29 is 21.6 Å². The van der Waals surface area contributed by atoms with Gasteiger partial charge in [-0.25, -0.2) is 18.5 Å². The minimum atomic E-state index is -4.61. The van der Waals surface area contributed by atoms with Gasteiger partial charge in [-0.05, 0) is 60.4 Å². The SMILES string of the molecule is Cc1nc2c(CCS(N)(=O)=O)cc(-c3cn(C)c(=O)c4[nH]ccc34)cc2n1Cc1ccc(Cl)c(C(F)(F)F)c1. The zero-order valence-electron chi connectivity index (χ0n) is 20.8. The highest BCUT2D eigenvalue weighted by atomic mass is 35.5. The number of hydrogen-bond acceptors (Lipinski definition) is 4. The van der Waals surface area contributed by atoms with Crippen molar-refractivity contribution in [1.29, 1.82) is 0 Å². The van der Waals surface area contributed by atoms with Crippen molar-refractivity contribution in [3.8, 4) is 11.1 Å². The molecule has 39 heavy (non-hydrogen) atoms. The number of aryl methyl sites for hydroxylation is 3. The van der Waals surface area contributed by atoms with E-state index in [1.54, 1.807) is 43.1 Å². The Morgan fingerprint density at radius 1 is 1.15 bits per heavy atom. The summed E-state index contributed by atoms with van der Waals surface area (Å²) in [7, 11) is -2.16. The molecule has 3 heterocycles. The van der Waals surface area contributed by atoms with Crippen molar-refractivity contribution >= 4 is 43.6 Å². The predicted octanol–water partition coefficient (Wildman–Crippen LogP) is 4.74. The molecule has 3 N–H and O–H groups in total. The predicted molar refractivity (Wildman–Crippen MR) is 144 cm³/mol. The molecule has 0 atom stereocenters. The molecule has 0 bridgehead atoms. The van der Waals surface area contributed by atoms with Crippen molar-refractivity contribution in [2.75, 3.05) is 5.75 Å². The minimum Gasteiger partial charge on any atom is -0.357 e. The number of halogens is 4. The average Bonchev–Trinajstić information content (AvgIpc) is 3.45. The molecule has 5 aromatic rings. The molecule has 8 nitrogen and oxygen atoms in total. The first kappa shape index (κ1) is 27.0. The number of fused-ring (bicyclic) bond motifs is 2. The van der Waals surface area contributed by atoms with Crippen LogP contribution in [0.15, 0.2) is 53.6 Å². The number of aromatic amines is 1. The molecule has 3 aromatic heterocycles. The van der Waals surface area contributed by atoms with Gasteiger partial charge in [-0.3, -0.25) is 4.79 Å². The Kier molecular flexibility index (Phi) is 6.60. The third-order valence-electron chi connectivity index (χ3n) is 6.66. The van der Waals surface area contributed by atoms with Gasteiger partial charge in [-0.1, -0.05) is 17.7 Å². The van der Waals surface area contributed by atoms with Crippen molar-refractivity contribution in [3.63, 3.8) is 0 Å². The molecule has 0 saturated carbocycles. The molecular formula is C26H23ClF3N5O3S. The molecule has 0 amide bonds. The Balaban J connectivity index is 1.73. The number of nitrogens with two attached hydrogens (primary N) is 1. The van der Waals surface area contributed by atoms with Crippen molar-refractivity contribution in [2.24, 2.45) is 12.2 Å². The molecular weight excluding hydrogens is 555 g/mol. The molecule has 0 fully saturated rings. The van der Waals surface area contributed by atoms with Gasteiger partial charge in [0.1, 0.15) is 11.3 Å². The monoisotopic (exact) mass is 577 g/mol. The maximum atomic E-state index is 13.5. The number of primary sulfonamides is 1. The smallest absolute Gasteiger partial charge is 0.357 e. The van der Waals surface area contributed by atoms with Crippen LogP contribution >= 0.6 is 11.6 Å². The van der Waals surface area contributed by atoms with Crippen LogP contribution in [0.5, 0.6) is 0 Å². The maximum absolute atomic E-state index is 13.5. The largest absolute Gasteiger partial charge is 0.417 e. The number of benzene rings is 2. The summed E-state index contributed by atoms with van der Waals surface area (Å²) >= 11 is 5.81. The Hall–Kier alpha value is -3.61. The van der Waals surface area contributed by atoms with E-state index >= 15 is 0 Å². The first-order chi connectivity index (χ1) is 18.2. The lowest BCUT2D eigenvalue weighted by molar-refractivity contribution is -0.137. The maximum Gasteiger partial charge on any atom is 0.417 e. The molecule has 0 aliphatic heterocycles. The van der Waals surface area contributed by atoms with Crippen LogP contribution in [0.4, 0.5) is 13.2 Å². The van der Waals surface area contributed by atoms with Crippen LogP contribution in [-0.2, 0) is 36.2 Å². The molecule has 0 aliphatic rings. The number of nitrogens with one attached hydrogen (secondary N) is 1. The highest BCUT2D eigenvalue weighted by Gasteiger charge is 2.33. The summed E-state index contributed by atoms with van der Waals surface area (Å²) in [5.74, 6) is 0.200. The number of nitrogens with zero attached hydrogens (tertiary/aromatic N) is 3. The van der Waals surface area contributed by atoms with Crippen molar-refractivity contribution in [3.05, 3.63) is 86.7 Å². The topological polar surface area (TPSA) is 116 Å². The summed E-state index contributed by atoms with van der Waals surface area (Å²) < 4.78 is 67.2. The van der Waals surface area contributed by atoms with Crippen molar-refractivity contribution in [1.82, 2.24) is 19.1 Å². The third kappa shape index (κ3) is 5.19. The van der Waals surface area contributed by atoms with Crippen LogP contribution in [-0.4, -0.2) is 33.3 Å². The number of alkyl halides is 3. The Bertz CT molecular complexity index is 1920. The molecule has 0 aliphatic carbocycles. The van der Waals surface area contributed by atoms with E-state index < -0.39 is 26.8 Å². The van der Waals surface area contributed by atoms with Crippen LogP contribution in [0.3, 0.4) is 0 Å². The summed E-state index contributed by atoms with van der Waals surface area (Å²) in [4.78, 5) is 20.2. The van der Waals surface area contributed by atoms with Gasteiger partial charge in [-0.15, -0.1) is 0 Å². The second kappa shape index (κ2) is 9.54. The lowest BCUT2D eigenvalue weighted by Gasteiger charge is -2.14. The molecule has 0 radical (unpaired) electrons. The van der Waals surface area contributed by atoms with E-state index in [2.05, 4.69) is 9.97 Å². The highest BCUT2D eigenvalue weighted by molar-refractivity contribution is 7.89. The van der Waals surface area contributed by atoms with Gasteiger partial charge >= 0.3 is 6.18 Å². The fourth-order valence-corrected chi connectivity index (χ4v) is 5.51. The van der Waals surface area contributed by atoms with E-state index in [1.165, 1.54) is 16.7 Å². The molecule has 0 saturated heterocycles. The molecule has 0 unspecified atom stereocenters. The summed E-state index contributed by atoms with van der Waals surface area (Å²) in [5, 5.41) is 5.55. The first-order valence-electron chi connectivity index (χ1n) is 11.8. The van der Waals surface area contributed by atoms with Gasteiger partial charge in [0.05, 0.1) is 27.4 Å². The van der Waals surface area contributed by atoms with E-state index in [1.807, 2.05) is 6.07 Å². The first-order valence-corrected chi connectivity index (χ1v) is 13.9. The molecule has 0 spiro atoms. The van der Waals surface area contributed by atoms with Crippen LogP contribution in [0, 0.1) is 6.92 Å². The average molecular weight is 578 g/mol. The highest BCUT2D eigenvalue weighted by Crippen LogP contribution is 2.36. The fraction of sp³-hybridized carbons (Fsp3) is 0.231. The van der Waals surface area contributed by atoms with E-state index in [-0.39, 0.29) is 24.3 Å². The summed E-state index contributed by atoms with van der Waals surface area (Å²) in [6.45, 7) is 1.79. The van der Waals surface area contributed by atoms with E-state index in [4.69, 9.17) is 16.7 Å². The van der Waals surface area contributed by atoms with Crippen LogP contribution in [0.25, 0.3) is 33.1 Å². The molecule has 2 aromatic carbocycles. The molecule has 13 heteroatoms. The second-order valence-corrected chi connectivity index (χ2v) is 11.5. The molecule has 204 valence electrons. The van der Waals surface area contributed by atoms with Gasteiger partial charge in [0.15, 0.2) is 0 Å². The lowest BCUT2D eigenvalue weighted by atomic mass is 9.99. The Labute approximate surface area is 225 Å². The fourth-order valence-electron chi connectivity index (χ4n) is 4.78. The van der Waals surface area contributed by atoms with E-state index in [9.17, 15) is 26.4 Å². The number of pyridine rings is 1. The van der Waals surface area contributed by atoms with Gasteiger partial charge < -0.3 is 14.1 Å². The van der Waals surface area contributed by atoms with Gasteiger partial charge in [0.25, 0.3) is 5.56 Å². The Morgan fingerprint density at radius 3 is 2.59 bits per heavy atom. The van der Waals surface area contributed by atoms with Crippen LogP contribution in [0.2, 0.25) is 5.02 Å². The standard InChI is InChI=1S/C26H23ClF3N5O3S/c1-14-33-23-16(6-8-39(31,37)38)10-17(19-13-34(2)25(36)24-18(19)5-7-32-24)11-22(23)35(14)12-15-3-4-21(27)20(9-15)26(28,29)30/h3-5,7,9-11,13,32H,6,8,12H2,1-2H3,(H2,31,37,38). The summed E-state index contributed by atoms with van der Waals surface area (Å²) in [5.41, 5.74) is 2.73. The van der Waals surface area contributed by atoms with Gasteiger partial charge in [0, 0.05) is 36.9 Å². The Morgan fingerprint density at radius 2 is 1.90 bits per heavy atom. The lowest BCUT2D eigenvalue weighted by Crippen LogP contribution is -2.18. The number of hydrogen-bond donors (Lipinski definition) is 2. The normalized spacial score (nSPS) is 12.6. The van der Waals surface area contributed by atoms with Crippen LogP contribution in [0.1, 0.15) is 22.5 Å². The number of sulfonamides is 1. The van der Waals surface area contributed by atoms with Gasteiger partial charge in [-0.2, -0.15) is 13.2 Å². The van der Waals surface area contributed by atoms with E-state index in [0.29, 0.717) is 50.0 Å². The molecule has 5 rings (SSSR count). The summed E-state index contributed by atoms with van der Waals surface area (Å²) in [6, 6.07) is 9.16. The quantitative estimate of drug-likeness (QED) is 0.303. The number of imidazole rings is 1. The van der Waals surface area contributed by atoms with E-state index in [0.717, 1.165) is 6.07 Å². The second-order valence-electron chi connectivity index (χ2n) is 9.40. The number of H-pyrrole nitrogens is 1. The minimum absolute atomic E-state index is 0.0630.